The molecule has 0 saturated heterocycles. The molecule has 0 radical (unpaired) electrons. The Labute approximate surface area is 169 Å². The first kappa shape index (κ1) is 24.5. The summed E-state index contributed by atoms with van der Waals surface area (Å²) in [6.07, 6.45) is 7.72. The van der Waals surface area contributed by atoms with Crippen molar-refractivity contribution in [1.29, 1.82) is 0 Å². The van der Waals surface area contributed by atoms with Crippen LogP contribution in [0.5, 0.6) is 0 Å². The van der Waals surface area contributed by atoms with Crippen LogP contribution in [0.15, 0.2) is 0 Å². The molecule has 0 aromatic heterocycles. The van der Waals surface area contributed by atoms with Gasteiger partial charge in [-0.1, -0.05) is 0 Å². The summed E-state index contributed by atoms with van der Waals surface area (Å²) in [6, 6.07) is 0. The third-order valence-corrected chi connectivity index (χ3v) is 30.3. The second kappa shape index (κ2) is 9.32. The molecule has 1 rings (SSSR count). The molecule has 0 heterocycles. The van der Waals surface area contributed by atoms with Crippen molar-refractivity contribution in [3.63, 3.8) is 0 Å². The minimum atomic E-state index is -2.79. The van der Waals surface area contributed by atoms with Crippen molar-refractivity contribution in [2.75, 3.05) is 7.11 Å². The fourth-order valence-electron chi connectivity index (χ4n) is 6.76. The van der Waals surface area contributed by atoms with E-state index in [1.807, 2.05) is 0 Å². The summed E-state index contributed by atoms with van der Waals surface area (Å²) in [4.78, 5) is 13.6. The molecular formula is C22H46O2SiSn. The van der Waals surface area contributed by atoms with Gasteiger partial charge in [-0.05, 0) is 0 Å². The molecule has 0 aromatic carbocycles. The van der Waals surface area contributed by atoms with Crippen molar-refractivity contribution in [2.24, 2.45) is 5.41 Å². The van der Waals surface area contributed by atoms with Crippen LogP contribution >= 0.6 is 0 Å². The third kappa shape index (κ3) is 4.09. The summed E-state index contributed by atoms with van der Waals surface area (Å²) >= 11 is -2.79. The van der Waals surface area contributed by atoms with E-state index in [0.717, 1.165) is 0 Å². The van der Waals surface area contributed by atoms with Crippen molar-refractivity contribution in [3.8, 4) is 0 Å². The summed E-state index contributed by atoms with van der Waals surface area (Å²) in [5.74, 6) is 0.189. The van der Waals surface area contributed by atoms with E-state index in [2.05, 4.69) is 54.3 Å². The van der Waals surface area contributed by atoms with Crippen LogP contribution in [0.1, 0.15) is 73.1 Å². The fraction of sp³-hybridized carbons (Fsp3) is 0.955. The van der Waals surface area contributed by atoms with Crippen LogP contribution < -0.4 is 0 Å². The molecule has 0 spiro atoms. The van der Waals surface area contributed by atoms with Gasteiger partial charge in [0.05, 0.1) is 0 Å². The molecule has 0 bridgehead atoms. The number of hydrogen-bond donors (Lipinski definition) is 0. The van der Waals surface area contributed by atoms with Crippen molar-refractivity contribution in [3.05, 3.63) is 0 Å². The van der Waals surface area contributed by atoms with Crippen LogP contribution in [0, 0.1) is 5.41 Å². The van der Waals surface area contributed by atoms with Crippen molar-refractivity contribution in [2.45, 2.75) is 115 Å². The van der Waals surface area contributed by atoms with E-state index in [-0.39, 0.29) is 14.8 Å². The average Bonchev–Trinajstić information content (AvgIpc) is 3.12. The standard InChI is InChI=1S/C10H19O2Si.3C4H9.Sn/c1-10(2)7(9(11)12-3)8(10)13(4,5)6;3*1-3-4-2;/h8H,1-6H3;3*1,3-4H2,2H3;. The molecule has 0 amide bonds. The first-order valence-corrected chi connectivity index (χ1v) is 22.2. The number of carbonyl (C=O) groups excluding carboxylic acids is 1. The van der Waals surface area contributed by atoms with Gasteiger partial charge in [0.15, 0.2) is 0 Å². The third-order valence-electron chi connectivity index (χ3n) is 7.32. The van der Waals surface area contributed by atoms with Gasteiger partial charge in [0.2, 0.25) is 0 Å². The van der Waals surface area contributed by atoms with Crippen LogP contribution in [0.4, 0.5) is 0 Å². The van der Waals surface area contributed by atoms with E-state index >= 15 is 0 Å². The zero-order valence-electron chi connectivity index (χ0n) is 19.3. The van der Waals surface area contributed by atoms with E-state index in [9.17, 15) is 4.79 Å². The molecular weight excluding hydrogens is 443 g/mol. The summed E-state index contributed by atoms with van der Waals surface area (Å²) in [5.41, 5.74) is 0.756. The minimum absolute atomic E-state index is 0.0690. The summed E-state index contributed by atoms with van der Waals surface area (Å²) < 4.78 is 9.73. The molecule has 4 heteroatoms. The zero-order valence-corrected chi connectivity index (χ0v) is 23.1. The second-order valence-corrected chi connectivity index (χ2v) is 29.6. The van der Waals surface area contributed by atoms with Gasteiger partial charge in [-0.25, -0.2) is 0 Å². The van der Waals surface area contributed by atoms with Gasteiger partial charge >= 0.3 is 170 Å². The number of esters is 1. The van der Waals surface area contributed by atoms with Crippen LogP contribution in [-0.2, 0) is 9.53 Å². The Kier molecular flexibility index (Phi) is 8.79. The van der Waals surface area contributed by atoms with Gasteiger partial charge in [-0.3, -0.25) is 0 Å². The molecule has 0 aromatic rings. The Balaban J connectivity index is 3.58. The molecule has 0 aliphatic heterocycles. The zero-order chi connectivity index (χ0) is 20.2. The number of ether oxygens (including phenoxy) is 1. The van der Waals surface area contributed by atoms with Gasteiger partial charge in [0.1, 0.15) is 0 Å². The van der Waals surface area contributed by atoms with Gasteiger partial charge in [-0.2, -0.15) is 0 Å². The van der Waals surface area contributed by atoms with Gasteiger partial charge in [0, 0.05) is 0 Å². The first-order chi connectivity index (χ1) is 12.0. The maximum absolute atomic E-state index is 13.6. The number of hydrogen-bond acceptors (Lipinski definition) is 2. The monoisotopic (exact) mass is 490 g/mol. The SMILES string of the molecule is CCC[CH2][Sn]([CH2]CCC)([CH2]CCC)[C@]1(C(=O)OC)C([Si](C)(C)C)C1(C)C. The van der Waals surface area contributed by atoms with Gasteiger partial charge in [0.25, 0.3) is 0 Å². The quantitative estimate of drug-likeness (QED) is 0.210. The topological polar surface area (TPSA) is 26.3 Å². The van der Waals surface area contributed by atoms with E-state index in [1.54, 1.807) is 7.11 Å². The number of carbonyl (C=O) groups is 1. The maximum atomic E-state index is 13.6. The van der Waals surface area contributed by atoms with E-state index in [0.29, 0.717) is 5.54 Å². The number of rotatable bonds is 12. The summed E-state index contributed by atoms with van der Waals surface area (Å²) in [6.45, 7) is 19.2. The Hall–Kier alpha value is 0.486. The van der Waals surface area contributed by atoms with Crippen molar-refractivity contribution < 1.29 is 9.53 Å². The molecule has 154 valence electrons. The van der Waals surface area contributed by atoms with Gasteiger partial charge in [-0.15, -0.1) is 0 Å². The predicted octanol–water partition coefficient (Wildman–Crippen LogP) is 7.50. The molecule has 2 atom stereocenters. The Morgan fingerprint density at radius 3 is 1.54 bits per heavy atom. The molecule has 2 nitrogen and oxygen atoms in total. The van der Waals surface area contributed by atoms with Gasteiger partial charge < -0.3 is 0 Å². The molecule has 0 N–H and O–H groups in total. The molecule has 1 fully saturated rings. The Morgan fingerprint density at radius 1 is 0.923 bits per heavy atom. The Morgan fingerprint density at radius 2 is 1.31 bits per heavy atom. The molecule has 1 saturated carbocycles. The van der Waals surface area contributed by atoms with Crippen LogP contribution in [0.2, 0.25) is 41.9 Å². The van der Waals surface area contributed by atoms with Crippen LogP contribution in [0.25, 0.3) is 0 Å². The average molecular weight is 489 g/mol. The molecule has 1 aliphatic carbocycles. The Bertz CT molecular complexity index is 447. The van der Waals surface area contributed by atoms with E-state index in [1.165, 1.54) is 51.8 Å². The van der Waals surface area contributed by atoms with E-state index in [4.69, 9.17) is 4.74 Å². The molecule has 26 heavy (non-hydrogen) atoms. The van der Waals surface area contributed by atoms with E-state index < -0.39 is 26.5 Å². The summed E-state index contributed by atoms with van der Waals surface area (Å²) in [7, 11) is 0.200. The number of unbranched alkanes of at least 4 members (excludes halogenated alkanes) is 3. The normalized spacial score (nSPS) is 25.2. The molecule has 1 aliphatic rings. The first-order valence-electron chi connectivity index (χ1n) is 11.1. The summed E-state index contributed by atoms with van der Waals surface area (Å²) in [5, 5.41) is 0. The number of methoxy groups -OCH3 is 1. The van der Waals surface area contributed by atoms with Crippen molar-refractivity contribution in [1.82, 2.24) is 0 Å². The predicted molar refractivity (Wildman–Crippen MR) is 120 cm³/mol. The second-order valence-electron chi connectivity index (χ2n) is 10.4. The fourth-order valence-corrected chi connectivity index (χ4v) is 39.8. The molecule has 1 unspecified atom stereocenters. The van der Waals surface area contributed by atoms with Crippen LogP contribution in [-0.4, -0.2) is 39.5 Å². The van der Waals surface area contributed by atoms with Crippen LogP contribution in [0.3, 0.4) is 0 Å². The van der Waals surface area contributed by atoms with Crippen molar-refractivity contribution >= 4 is 32.4 Å².